The van der Waals surface area contributed by atoms with Crippen molar-refractivity contribution in [1.29, 1.82) is 5.26 Å². The van der Waals surface area contributed by atoms with Gasteiger partial charge in [-0.2, -0.15) is 5.26 Å². The van der Waals surface area contributed by atoms with Crippen LogP contribution in [0.5, 0.6) is 0 Å². The van der Waals surface area contributed by atoms with Crippen molar-refractivity contribution in [2.45, 2.75) is 25.3 Å². The van der Waals surface area contributed by atoms with Crippen LogP contribution in [-0.4, -0.2) is 32.8 Å². The van der Waals surface area contributed by atoms with Crippen molar-refractivity contribution >= 4 is 17.1 Å². The third-order valence-electron chi connectivity index (χ3n) is 5.65. The van der Waals surface area contributed by atoms with Gasteiger partial charge in [-0.1, -0.05) is 12.1 Å². The lowest BCUT2D eigenvalue weighted by Gasteiger charge is -2.38. The fraction of sp³-hybridized carbons (Fsp3) is 0.409. The summed E-state index contributed by atoms with van der Waals surface area (Å²) in [5, 5.41) is 9.32. The first-order valence-corrected chi connectivity index (χ1v) is 9.75. The molecule has 2 heterocycles. The lowest BCUT2D eigenvalue weighted by molar-refractivity contribution is 0.122. The largest absolute Gasteiger partial charge is 0.398 e. The van der Waals surface area contributed by atoms with E-state index in [0.717, 1.165) is 45.0 Å². The molecule has 1 unspecified atom stereocenters. The van der Waals surface area contributed by atoms with Gasteiger partial charge in [0.05, 0.1) is 24.8 Å². The van der Waals surface area contributed by atoms with Crippen LogP contribution in [0.1, 0.15) is 36.4 Å². The second-order valence-electron chi connectivity index (χ2n) is 7.28. The fourth-order valence-electron chi connectivity index (χ4n) is 4.14. The average molecular weight is 362 g/mol. The molecule has 1 atom stereocenters. The van der Waals surface area contributed by atoms with E-state index >= 15 is 0 Å². The van der Waals surface area contributed by atoms with E-state index in [9.17, 15) is 5.26 Å². The Hall–Kier alpha value is -2.71. The fourth-order valence-corrected chi connectivity index (χ4v) is 4.14. The quantitative estimate of drug-likeness (QED) is 0.843. The first-order chi connectivity index (χ1) is 13.3. The Balaban J connectivity index is 1.58. The molecule has 0 spiro atoms. The average Bonchev–Trinajstić information content (AvgIpc) is 2.75. The Bertz CT molecular complexity index is 821. The van der Waals surface area contributed by atoms with E-state index in [1.807, 2.05) is 18.2 Å². The zero-order valence-electron chi connectivity index (χ0n) is 15.6. The van der Waals surface area contributed by atoms with Gasteiger partial charge in [0.1, 0.15) is 6.07 Å². The van der Waals surface area contributed by atoms with Crippen molar-refractivity contribution in [3.05, 3.63) is 53.6 Å². The van der Waals surface area contributed by atoms with Crippen LogP contribution in [0, 0.1) is 11.3 Å². The van der Waals surface area contributed by atoms with Crippen LogP contribution in [0.25, 0.3) is 0 Å². The number of ether oxygens (including phenoxy) is 1. The van der Waals surface area contributed by atoms with Crippen molar-refractivity contribution in [1.82, 2.24) is 0 Å². The molecule has 2 N–H and O–H groups in total. The number of morpholine rings is 1. The summed E-state index contributed by atoms with van der Waals surface area (Å²) in [5.41, 5.74) is 10.7. The smallest absolute Gasteiger partial charge is 0.101 e. The zero-order valence-corrected chi connectivity index (χ0v) is 15.6. The summed E-state index contributed by atoms with van der Waals surface area (Å²) in [6.45, 7) is 4.52. The molecule has 2 aliphatic rings. The van der Waals surface area contributed by atoms with Gasteiger partial charge >= 0.3 is 0 Å². The van der Waals surface area contributed by atoms with Crippen LogP contribution in [0.4, 0.5) is 17.1 Å². The van der Waals surface area contributed by atoms with Crippen LogP contribution in [0.2, 0.25) is 0 Å². The number of benzene rings is 2. The highest BCUT2D eigenvalue weighted by Gasteiger charge is 2.25. The second kappa shape index (κ2) is 7.89. The molecule has 4 rings (SSSR count). The molecule has 0 radical (unpaired) electrons. The summed E-state index contributed by atoms with van der Waals surface area (Å²) < 4.78 is 5.45. The van der Waals surface area contributed by atoms with Crippen molar-refractivity contribution in [2.24, 2.45) is 0 Å². The van der Waals surface area contributed by atoms with E-state index in [-0.39, 0.29) is 0 Å². The van der Waals surface area contributed by atoms with Crippen LogP contribution in [0.15, 0.2) is 42.5 Å². The van der Waals surface area contributed by atoms with Gasteiger partial charge < -0.3 is 20.3 Å². The summed E-state index contributed by atoms with van der Waals surface area (Å²) in [7, 11) is 0. The summed E-state index contributed by atoms with van der Waals surface area (Å²) in [4.78, 5) is 4.80. The van der Waals surface area contributed by atoms with Crippen LogP contribution >= 0.6 is 0 Å². The van der Waals surface area contributed by atoms with E-state index in [1.165, 1.54) is 24.1 Å². The Morgan fingerprint density at radius 3 is 2.44 bits per heavy atom. The molecule has 140 valence electrons. The molecule has 2 aromatic rings. The Morgan fingerprint density at radius 1 is 0.963 bits per heavy atom. The molecule has 2 saturated heterocycles. The van der Waals surface area contributed by atoms with Gasteiger partial charge in [-0.25, -0.2) is 0 Å². The van der Waals surface area contributed by atoms with Crippen molar-refractivity contribution in [3.63, 3.8) is 0 Å². The van der Waals surface area contributed by atoms with E-state index in [4.69, 9.17) is 10.5 Å². The van der Waals surface area contributed by atoms with Gasteiger partial charge in [-0.15, -0.1) is 0 Å². The minimum atomic E-state index is 0.340. The number of nitriles is 1. The highest BCUT2D eigenvalue weighted by molar-refractivity contribution is 5.63. The molecule has 27 heavy (non-hydrogen) atoms. The summed E-state index contributed by atoms with van der Waals surface area (Å²) in [6, 6.07) is 17.3. The number of piperidine rings is 1. The molecule has 2 aliphatic heterocycles. The second-order valence-corrected chi connectivity index (χ2v) is 7.28. The van der Waals surface area contributed by atoms with E-state index in [0.29, 0.717) is 17.3 Å². The zero-order chi connectivity index (χ0) is 18.6. The van der Waals surface area contributed by atoms with Crippen LogP contribution in [0.3, 0.4) is 0 Å². The maximum atomic E-state index is 9.32. The molecule has 0 aromatic heterocycles. The van der Waals surface area contributed by atoms with E-state index < -0.39 is 0 Å². The molecule has 2 fully saturated rings. The minimum absolute atomic E-state index is 0.340. The number of rotatable bonds is 3. The third kappa shape index (κ3) is 3.72. The molecule has 0 bridgehead atoms. The van der Waals surface area contributed by atoms with Gasteiger partial charge in [0.2, 0.25) is 0 Å². The van der Waals surface area contributed by atoms with Gasteiger partial charge in [0, 0.05) is 36.7 Å². The molecule has 0 aliphatic carbocycles. The maximum absolute atomic E-state index is 9.32. The standard InChI is InChI=1S/C22H26N4O/c23-16-18-15-20(8-9-21(18)24)26-10-2-1-3-22(26)17-4-6-19(7-5-17)25-11-13-27-14-12-25/h4-9,15,22H,1-3,10-14,24H2. The highest BCUT2D eigenvalue weighted by atomic mass is 16.5. The van der Waals surface area contributed by atoms with Gasteiger partial charge in [-0.05, 0) is 55.2 Å². The number of nitrogen functional groups attached to an aromatic ring is 1. The Labute approximate surface area is 160 Å². The maximum Gasteiger partial charge on any atom is 0.101 e. The minimum Gasteiger partial charge on any atom is -0.398 e. The first kappa shape index (κ1) is 17.7. The first-order valence-electron chi connectivity index (χ1n) is 9.75. The van der Waals surface area contributed by atoms with Gasteiger partial charge in [-0.3, -0.25) is 0 Å². The highest BCUT2D eigenvalue weighted by Crippen LogP contribution is 2.36. The molecule has 0 amide bonds. The third-order valence-corrected chi connectivity index (χ3v) is 5.65. The molecular weight excluding hydrogens is 336 g/mol. The van der Waals surface area contributed by atoms with Gasteiger partial charge in [0.15, 0.2) is 0 Å². The topological polar surface area (TPSA) is 65.5 Å². The predicted molar refractivity (Wildman–Crippen MR) is 109 cm³/mol. The Kier molecular flexibility index (Phi) is 5.17. The van der Waals surface area contributed by atoms with Crippen LogP contribution < -0.4 is 15.5 Å². The molecule has 5 nitrogen and oxygen atoms in total. The summed E-state index contributed by atoms with van der Waals surface area (Å²) >= 11 is 0. The lowest BCUT2D eigenvalue weighted by Crippen LogP contribution is -2.36. The van der Waals surface area contributed by atoms with Crippen LogP contribution in [-0.2, 0) is 4.74 Å². The number of hydrogen-bond donors (Lipinski definition) is 1. The van der Waals surface area contributed by atoms with E-state index in [2.05, 4.69) is 40.1 Å². The number of hydrogen-bond acceptors (Lipinski definition) is 5. The molecular formula is C22H26N4O. The van der Waals surface area contributed by atoms with Crippen molar-refractivity contribution in [2.75, 3.05) is 48.4 Å². The Morgan fingerprint density at radius 2 is 1.70 bits per heavy atom. The van der Waals surface area contributed by atoms with E-state index in [1.54, 1.807) is 0 Å². The summed E-state index contributed by atoms with van der Waals surface area (Å²) in [6.07, 6.45) is 3.53. The van der Waals surface area contributed by atoms with Gasteiger partial charge in [0.25, 0.3) is 0 Å². The van der Waals surface area contributed by atoms with Crippen molar-refractivity contribution in [3.8, 4) is 6.07 Å². The molecule has 5 heteroatoms. The van der Waals surface area contributed by atoms with Crippen molar-refractivity contribution < 1.29 is 4.74 Å². The summed E-state index contributed by atoms with van der Waals surface area (Å²) in [5.74, 6) is 0. The predicted octanol–water partition coefficient (Wildman–Crippen LogP) is 3.71. The monoisotopic (exact) mass is 362 g/mol. The number of nitrogens with zero attached hydrogens (tertiary/aromatic N) is 3. The lowest BCUT2D eigenvalue weighted by atomic mass is 9.94. The number of anilines is 3. The molecule has 0 saturated carbocycles. The number of nitrogens with two attached hydrogens (primary N) is 1. The SMILES string of the molecule is N#Cc1cc(N2CCCCC2c2ccc(N3CCOCC3)cc2)ccc1N. The molecule has 2 aromatic carbocycles. The normalized spacial score (nSPS) is 20.3.